The summed E-state index contributed by atoms with van der Waals surface area (Å²) in [6.07, 6.45) is 63.5. The molecule has 1 unspecified atom stereocenters. The van der Waals surface area contributed by atoms with Crippen molar-refractivity contribution in [1.82, 2.24) is 0 Å². The molecule has 0 aromatic carbocycles. The average Bonchev–Trinajstić information content (AvgIpc) is 3.28. The van der Waals surface area contributed by atoms with Crippen molar-refractivity contribution in [2.75, 3.05) is 13.2 Å². The summed E-state index contributed by atoms with van der Waals surface area (Å²) in [4.78, 5) is 38.0. The molecule has 0 bridgehead atoms. The summed E-state index contributed by atoms with van der Waals surface area (Å²) in [6.45, 7) is 6.49. The minimum Gasteiger partial charge on any atom is -0.462 e. The summed E-state index contributed by atoms with van der Waals surface area (Å²) in [6, 6.07) is 0. The summed E-state index contributed by atoms with van der Waals surface area (Å²) < 4.78 is 16.8. The Balaban J connectivity index is 4.43. The van der Waals surface area contributed by atoms with E-state index >= 15 is 0 Å². The molecule has 0 amide bonds. The van der Waals surface area contributed by atoms with Crippen LogP contribution in [0.25, 0.3) is 0 Å². The predicted molar refractivity (Wildman–Crippen MR) is 270 cm³/mol. The molecule has 0 radical (unpaired) electrons. The number of unbranched alkanes of at least 4 members (excludes halogenated alkanes) is 27. The van der Waals surface area contributed by atoms with Gasteiger partial charge >= 0.3 is 17.9 Å². The fourth-order valence-corrected chi connectivity index (χ4v) is 7.45. The van der Waals surface area contributed by atoms with E-state index in [4.69, 9.17) is 14.2 Å². The third kappa shape index (κ3) is 50.0. The third-order valence-corrected chi connectivity index (χ3v) is 11.5. The number of rotatable bonds is 48. The predicted octanol–water partition coefficient (Wildman–Crippen LogP) is 17.6. The summed E-state index contributed by atoms with van der Waals surface area (Å²) in [5.74, 6) is -0.932. The highest BCUT2D eigenvalue weighted by Crippen LogP contribution is 2.14. The van der Waals surface area contributed by atoms with Gasteiger partial charge in [0.1, 0.15) is 13.2 Å². The Bertz CT molecular complexity index is 1150. The van der Waals surface area contributed by atoms with Crippen LogP contribution in [-0.4, -0.2) is 37.2 Å². The van der Waals surface area contributed by atoms with Gasteiger partial charge in [-0.15, -0.1) is 0 Å². The van der Waals surface area contributed by atoms with Crippen LogP contribution in [0, 0.1) is 0 Å². The number of hydrogen-bond donors (Lipinski definition) is 0. The van der Waals surface area contributed by atoms with Gasteiger partial charge in [0.2, 0.25) is 0 Å². The largest absolute Gasteiger partial charge is 0.462 e. The topological polar surface area (TPSA) is 78.9 Å². The van der Waals surface area contributed by atoms with Gasteiger partial charge in [-0.1, -0.05) is 204 Å². The van der Waals surface area contributed by atoms with Crippen LogP contribution in [0.3, 0.4) is 0 Å². The first-order valence-electron chi connectivity index (χ1n) is 26.8. The van der Waals surface area contributed by atoms with E-state index in [-0.39, 0.29) is 31.1 Å². The Morgan fingerprint density at radius 2 is 0.619 bits per heavy atom. The van der Waals surface area contributed by atoms with Crippen LogP contribution in [0.15, 0.2) is 60.8 Å². The van der Waals surface area contributed by atoms with Crippen LogP contribution in [0.2, 0.25) is 0 Å². The van der Waals surface area contributed by atoms with Crippen molar-refractivity contribution in [3.8, 4) is 0 Å². The quantitative estimate of drug-likeness (QED) is 0.0262. The van der Waals surface area contributed by atoms with E-state index in [0.29, 0.717) is 19.3 Å². The summed E-state index contributed by atoms with van der Waals surface area (Å²) in [7, 11) is 0. The number of carbonyl (C=O) groups is 3. The molecule has 0 aromatic heterocycles. The van der Waals surface area contributed by atoms with Crippen molar-refractivity contribution in [3.05, 3.63) is 60.8 Å². The van der Waals surface area contributed by atoms with Gasteiger partial charge in [-0.3, -0.25) is 14.4 Å². The van der Waals surface area contributed by atoms with E-state index in [1.807, 2.05) is 0 Å². The molecule has 0 rings (SSSR count). The molecule has 0 heterocycles. The molecule has 0 spiro atoms. The van der Waals surface area contributed by atoms with E-state index < -0.39 is 6.10 Å². The molecule has 0 aliphatic heterocycles. The summed E-state index contributed by atoms with van der Waals surface area (Å²) >= 11 is 0. The lowest BCUT2D eigenvalue weighted by molar-refractivity contribution is -0.167. The van der Waals surface area contributed by atoms with Crippen molar-refractivity contribution in [2.24, 2.45) is 0 Å². The Hall–Kier alpha value is -2.89. The first-order chi connectivity index (χ1) is 31.0. The van der Waals surface area contributed by atoms with Crippen LogP contribution in [0.4, 0.5) is 0 Å². The molecule has 6 nitrogen and oxygen atoms in total. The number of hydrogen-bond acceptors (Lipinski definition) is 6. The minimum absolute atomic E-state index is 0.0908. The van der Waals surface area contributed by atoms with Crippen molar-refractivity contribution in [2.45, 2.75) is 271 Å². The molecular weight excluding hydrogens is 781 g/mol. The van der Waals surface area contributed by atoms with E-state index in [0.717, 1.165) is 103 Å². The SMILES string of the molecule is CC/C=C\C/C=C\C/C=C\CCCCCC(=O)OCC(COC(=O)CCCCCCC/C=C\CCCCCCCCC)OC(=O)CCCCCCC/C=C\CCCCCCCCC. The van der Waals surface area contributed by atoms with Gasteiger partial charge in [0.05, 0.1) is 0 Å². The van der Waals surface area contributed by atoms with E-state index in [1.54, 1.807) is 0 Å². The van der Waals surface area contributed by atoms with E-state index in [2.05, 4.69) is 81.5 Å². The van der Waals surface area contributed by atoms with Gasteiger partial charge < -0.3 is 14.2 Å². The Labute approximate surface area is 390 Å². The minimum atomic E-state index is -0.793. The second kappa shape index (κ2) is 51.7. The zero-order valence-electron chi connectivity index (χ0n) is 41.6. The molecule has 0 N–H and O–H groups in total. The molecule has 0 saturated heterocycles. The second-order valence-corrected chi connectivity index (χ2v) is 17.7. The monoisotopic (exact) mass is 881 g/mol. The Kier molecular flexibility index (Phi) is 49.4. The third-order valence-electron chi connectivity index (χ3n) is 11.5. The van der Waals surface area contributed by atoms with Crippen LogP contribution in [-0.2, 0) is 28.6 Å². The van der Waals surface area contributed by atoms with Crippen LogP contribution in [0.5, 0.6) is 0 Å². The van der Waals surface area contributed by atoms with Crippen molar-refractivity contribution in [1.29, 1.82) is 0 Å². The maximum Gasteiger partial charge on any atom is 0.306 e. The fraction of sp³-hybridized carbons (Fsp3) is 0.772. The highest BCUT2D eigenvalue weighted by atomic mass is 16.6. The number of ether oxygens (including phenoxy) is 3. The molecule has 63 heavy (non-hydrogen) atoms. The number of allylic oxidation sites excluding steroid dienone is 10. The van der Waals surface area contributed by atoms with Crippen LogP contribution >= 0.6 is 0 Å². The Morgan fingerprint density at radius 1 is 0.333 bits per heavy atom. The number of carbonyl (C=O) groups excluding carboxylic acids is 3. The van der Waals surface area contributed by atoms with E-state index in [1.165, 1.54) is 122 Å². The van der Waals surface area contributed by atoms with Crippen molar-refractivity contribution >= 4 is 17.9 Å². The molecule has 0 aliphatic rings. The van der Waals surface area contributed by atoms with Gasteiger partial charge in [-0.25, -0.2) is 0 Å². The second-order valence-electron chi connectivity index (χ2n) is 17.7. The van der Waals surface area contributed by atoms with Gasteiger partial charge in [-0.2, -0.15) is 0 Å². The average molecular weight is 881 g/mol. The van der Waals surface area contributed by atoms with Gasteiger partial charge in [0.15, 0.2) is 6.10 Å². The smallest absolute Gasteiger partial charge is 0.306 e. The lowest BCUT2D eigenvalue weighted by atomic mass is 10.1. The maximum atomic E-state index is 12.8. The van der Waals surface area contributed by atoms with Crippen molar-refractivity contribution < 1.29 is 28.6 Å². The lowest BCUT2D eigenvalue weighted by Crippen LogP contribution is -2.30. The molecule has 0 saturated carbocycles. The molecule has 1 atom stereocenters. The standard InChI is InChI=1S/C57H100O6/c1-4-7-10-13-16-19-22-25-27-29-32-35-38-41-44-47-50-56(59)62-53-54(52-61-55(58)49-46-43-40-37-34-31-24-21-18-15-12-9-6-3)63-57(60)51-48-45-42-39-36-33-30-28-26-23-20-17-14-11-8-5-2/h9,12,18,21,27-31,34,54H,4-8,10-11,13-17,19-20,22-26,32-33,35-53H2,1-3H3/b12-9-,21-18-,29-27-,30-28-,34-31-. The number of esters is 3. The van der Waals surface area contributed by atoms with Crippen LogP contribution < -0.4 is 0 Å². The van der Waals surface area contributed by atoms with Gasteiger partial charge in [0.25, 0.3) is 0 Å². The zero-order valence-corrected chi connectivity index (χ0v) is 41.6. The molecular formula is C57H100O6. The Morgan fingerprint density at radius 3 is 1.00 bits per heavy atom. The molecule has 364 valence electrons. The molecule has 0 aromatic rings. The zero-order chi connectivity index (χ0) is 45.8. The first-order valence-corrected chi connectivity index (χ1v) is 26.8. The summed E-state index contributed by atoms with van der Waals surface area (Å²) in [5.41, 5.74) is 0. The van der Waals surface area contributed by atoms with Gasteiger partial charge in [0, 0.05) is 19.3 Å². The summed E-state index contributed by atoms with van der Waals surface area (Å²) in [5, 5.41) is 0. The van der Waals surface area contributed by atoms with Crippen molar-refractivity contribution in [3.63, 3.8) is 0 Å². The first kappa shape index (κ1) is 60.1. The van der Waals surface area contributed by atoms with Crippen LogP contribution in [0.1, 0.15) is 265 Å². The molecule has 0 aliphatic carbocycles. The highest BCUT2D eigenvalue weighted by Gasteiger charge is 2.19. The lowest BCUT2D eigenvalue weighted by Gasteiger charge is -2.18. The van der Waals surface area contributed by atoms with E-state index in [9.17, 15) is 14.4 Å². The molecule has 6 heteroatoms. The van der Waals surface area contributed by atoms with Gasteiger partial charge in [-0.05, 0) is 103 Å². The highest BCUT2D eigenvalue weighted by molar-refractivity contribution is 5.71. The normalized spacial score (nSPS) is 12.5. The molecule has 0 fully saturated rings. The fourth-order valence-electron chi connectivity index (χ4n) is 7.45. The maximum absolute atomic E-state index is 12.8.